The number of rotatable bonds is 3. The molecule has 1 aromatic heterocycles. The van der Waals surface area contributed by atoms with Crippen LogP contribution in [0.4, 0.5) is 5.69 Å². The molecular weight excluding hydrogens is 270 g/mol. The summed E-state index contributed by atoms with van der Waals surface area (Å²) in [5.41, 5.74) is 7.13. The number of H-pyrrole nitrogens is 1. The van der Waals surface area contributed by atoms with Crippen molar-refractivity contribution in [2.45, 2.75) is 6.61 Å². The number of benzene rings is 2. The van der Waals surface area contributed by atoms with Gasteiger partial charge >= 0.3 is 6.01 Å². The van der Waals surface area contributed by atoms with Crippen LogP contribution in [-0.4, -0.2) is 15.1 Å². The van der Waals surface area contributed by atoms with Crippen LogP contribution in [0.1, 0.15) is 5.56 Å². The van der Waals surface area contributed by atoms with Crippen LogP contribution in [0.5, 0.6) is 11.8 Å². The fraction of sp³-hybridized carbons (Fsp3) is 0.0667. The lowest BCUT2D eigenvalue weighted by Crippen LogP contribution is -2.09. The van der Waals surface area contributed by atoms with Crippen molar-refractivity contribution in [3.05, 3.63) is 58.4 Å². The molecule has 0 aliphatic carbocycles. The van der Waals surface area contributed by atoms with Gasteiger partial charge in [-0.15, -0.1) is 0 Å². The van der Waals surface area contributed by atoms with E-state index in [0.717, 1.165) is 5.56 Å². The van der Waals surface area contributed by atoms with E-state index in [9.17, 15) is 4.79 Å². The number of nitrogens with two attached hydrogens (primary N) is 1. The third-order valence-electron chi connectivity index (χ3n) is 3.03. The van der Waals surface area contributed by atoms with Crippen molar-refractivity contribution in [1.82, 2.24) is 9.97 Å². The topological polar surface area (TPSA) is 101 Å². The first-order valence-electron chi connectivity index (χ1n) is 6.33. The number of hydrogen-bond acceptors (Lipinski definition) is 5. The molecule has 106 valence electrons. The second-order valence-corrected chi connectivity index (χ2v) is 4.55. The fourth-order valence-corrected chi connectivity index (χ4v) is 1.96. The molecule has 0 aliphatic heterocycles. The quantitative estimate of drug-likeness (QED) is 0.636. The summed E-state index contributed by atoms with van der Waals surface area (Å²) in [5, 5.41) is 9.40. The number of nitrogens with zero attached hydrogens (tertiary/aromatic N) is 1. The predicted molar refractivity (Wildman–Crippen MR) is 79.2 cm³/mol. The van der Waals surface area contributed by atoms with Gasteiger partial charge < -0.3 is 15.6 Å². The van der Waals surface area contributed by atoms with Crippen molar-refractivity contribution in [3.63, 3.8) is 0 Å². The Bertz CT molecular complexity index is 841. The molecule has 2 aromatic carbocycles. The molecule has 6 nitrogen and oxygen atoms in total. The van der Waals surface area contributed by atoms with Gasteiger partial charge in [-0.2, -0.15) is 4.98 Å². The Hall–Kier alpha value is -2.86. The maximum Gasteiger partial charge on any atom is 0.302 e. The number of aliphatic hydroxyl groups is 1. The zero-order chi connectivity index (χ0) is 14.8. The van der Waals surface area contributed by atoms with Gasteiger partial charge in [-0.3, -0.25) is 9.78 Å². The highest BCUT2D eigenvalue weighted by molar-refractivity contribution is 5.81. The van der Waals surface area contributed by atoms with Crippen molar-refractivity contribution < 1.29 is 9.84 Å². The Kier molecular flexibility index (Phi) is 3.29. The molecule has 4 N–H and O–H groups in total. The molecule has 0 saturated heterocycles. The van der Waals surface area contributed by atoms with Crippen LogP contribution >= 0.6 is 0 Å². The molecule has 0 fully saturated rings. The monoisotopic (exact) mass is 283 g/mol. The second-order valence-electron chi connectivity index (χ2n) is 4.55. The first-order chi connectivity index (χ1) is 10.2. The summed E-state index contributed by atoms with van der Waals surface area (Å²) < 4.78 is 5.52. The smallest absolute Gasteiger partial charge is 0.302 e. The molecule has 0 unspecified atom stereocenters. The molecule has 21 heavy (non-hydrogen) atoms. The summed E-state index contributed by atoms with van der Waals surface area (Å²) in [4.78, 5) is 18.8. The number of aromatic nitrogens is 2. The van der Waals surface area contributed by atoms with Crippen LogP contribution in [0.2, 0.25) is 0 Å². The number of nitrogen functional groups attached to an aromatic ring is 1. The molecule has 6 heteroatoms. The maximum absolute atomic E-state index is 12.0. The minimum absolute atomic E-state index is 0.0350. The lowest BCUT2D eigenvalue weighted by molar-refractivity contribution is 0.281. The van der Waals surface area contributed by atoms with E-state index in [2.05, 4.69) is 9.97 Å². The molecular formula is C15H13N3O3. The highest BCUT2D eigenvalue weighted by Crippen LogP contribution is 2.20. The highest BCUT2D eigenvalue weighted by atomic mass is 16.5. The molecule has 0 bridgehead atoms. The van der Waals surface area contributed by atoms with E-state index in [1.165, 1.54) is 0 Å². The lowest BCUT2D eigenvalue weighted by Gasteiger charge is -2.06. The minimum Gasteiger partial charge on any atom is -0.426 e. The fourth-order valence-electron chi connectivity index (χ4n) is 1.96. The largest absolute Gasteiger partial charge is 0.426 e. The third kappa shape index (κ3) is 2.70. The lowest BCUT2D eigenvalue weighted by atomic mass is 10.2. The summed E-state index contributed by atoms with van der Waals surface area (Å²) in [6.07, 6.45) is 0. The van der Waals surface area contributed by atoms with Gasteiger partial charge in [0, 0.05) is 5.69 Å². The number of nitrogens with one attached hydrogen (secondary N) is 1. The summed E-state index contributed by atoms with van der Waals surface area (Å²) >= 11 is 0. The van der Waals surface area contributed by atoms with E-state index >= 15 is 0 Å². The van der Waals surface area contributed by atoms with Gasteiger partial charge in [0.1, 0.15) is 5.75 Å². The molecule has 0 radical (unpaired) electrons. The standard InChI is InChI=1S/C15H13N3O3/c16-10-3-6-13-12(7-10)14(20)18-15(17-13)21-11-4-1-9(8-19)2-5-11/h1-7,19H,8,16H2,(H,17,18,20). The molecule has 3 rings (SSSR count). The Morgan fingerprint density at radius 2 is 1.95 bits per heavy atom. The van der Waals surface area contributed by atoms with E-state index in [1.54, 1.807) is 42.5 Å². The third-order valence-corrected chi connectivity index (χ3v) is 3.03. The average molecular weight is 283 g/mol. The normalized spacial score (nSPS) is 10.7. The summed E-state index contributed by atoms with van der Waals surface area (Å²) in [7, 11) is 0. The number of aliphatic hydroxyl groups excluding tert-OH is 1. The average Bonchev–Trinajstić information content (AvgIpc) is 2.49. The zero-order valence-corrected chi connectivity index (χ0v) is 11.0. The van der Waals surface area contributed by atoms with Gasteiger partial charge in [-0.05, 0) is 35.9 Å². The molecule has 3 aromatic rings. The first-order valence-corrected chi connectivity index (χ1v) is 6.33. The Labute approximate surface area is 119 Å². The van der Waals surface area contributed by atoms with Crippen LogP contribution in [0.15, 0.2) is 47.3 Å². The number of ether oxygens (including phenoxy) is 1. The molecule has 0 atom stereocenters. The Morgan fingerprint density at radius 1 is 1.19 bits per heavy atom. The summed E-state index contributed by atoms with van der Waals surface area (Å²) in [6, 6.07) is 11.9. The summed E-state index contributed by atoms with van der Waals surface area (Å²) in [5.74, 6) is 0.519. The van der Waals surface area contributed by atoms with Crippen molar-refractivity contribution in [2.75, 3.05) is 5.73 Å². The molecule has 0 saturated carbocycles. The predicted octanol–water partition coefficient (Wildman–Crippen LogP) is 1.79. The number of fused-ring (bicyclic) bond motifs is 1. The second kappa shape index (κ2) is 5.26. The zero-order valence-electron chi connectivity index (χ0n) is 11.0. The number of aromatic amines is 1. The van der Waals surface area contributed by atoms with Crippen LogP contribution in [0.25, 0.3) is 10.9 Å². The van der Waals surface area contributed by atoms with Gasteiger partial charge in [0.05, 0.1) is 17.5 Å². The van der Waals surface area contributed by atoms with Crippen LogP contribution < -0.4 is 16.0 Å². The minimum atomic E-state index is -0.311. The van der Waals surface area contributed by atoms with E-state index in [-0.39, 0.29) is 18.2 Å². The maximum atomic E-state index is 12.0. The Morgan fingerprint density at radius 3 is 2.67 bits per heavy atom. The number of hydrogen-bond donors (Lipinski definition) is 3. The van der Waals surface area contributed by atoms with Gasteiger partial charge in [0.2, 0.25) is 0 Å². The Balaban J connectivity index is 1.97. The van der Waals surface area contributed by atoms with Gasteiger partial charge in [-0.1, -0.05) is 12.1 Å². The van der Waals surface area contributed by atoms with Crippen LogP contribution in [0.3, 0.4) is 0 Å². The number of anilines is 1. The highest BCUT2D eigenvalue weighted by Gasteiger charge is 2.06. The van der Waals surface area contributed by atoms with E-state index in [1.807, 2.05) is 0 Å². The van der Waals surface area contributed by atoms with E-state index < -0.39 is 0 Å². The SMILES string of the molecule is Nc1ccc2nc(Oc3ccc(CO)cc3)[nH]c(=O)c2c1. The molecule has 1 heterocycles. The van der Waals surface area contributed by atoms with Gasteiger partial charge in [-0.25, -0.2) is 0 Å². The van der Waals surface area contributed by atoms with Crippen molar-refractivity contribution in [1.29, 1.82) is 0 Å². The van der Waals surface area contributed by atoms with E-state index in [4.69, 9.17) is 15.6 Å². The van der Waals surface area contributed by atoms with Crippen LogP contribution in [0, 0.1) is 0 Å². The van der Waals surface area contributed by atoms with Crippen molar-refractivity contribution >= 4 is 16.6 Å². The van der Waals surface area contributed by atoms with E-state index in [0.29, 0.717) is 22.3 Å². The molecule has 0 spiro atoms. The van der Waals surface area contributed by atoms with Gasteiger partial charge in [0.25, 0.3) is 5.56 Å². The molecule has 0 amide bonds. The van der Waals surface area contributed by atoms with Crippen molar-refractivity contribution in [2.24, 2.45) is 0 Å². The van der Waals surface area contributed by atoms with Gasteiger partial charge in [0.15, 0.2) is 0 Å². The molecule has 0 aliphatic rings. The first kappa shape index (κ1) is 13.1. The summed E-state index contributed by atoms with van der Waals surface area (Å²) in [6.45, 7) is -0.0350. The van der Waals surface area contributed by atoms with Crippen molar-refractivity contribution in [3.8, 4) is 11.8 Å². The van der Waals surface area contributed by atoms with Crippen LogP contribution in [-0.2, 0) is 6.61 Å².